The highest BCUT2D eigenvalue weighted by atomic mass is 16.5. The fourth-order valence-electron chi connectivity index (χ4n) is 2.95. The molecule has 0 radical (unpaired) electrons. The van der Waals surface area contributed by atoms with E-state index in [0.717, 1.165) is 43.1 Å². The molecule has 3 rings (SSSR count). The molecular formula is C17H23N3O2. The van der Waals surface area contributed by atoms with E-state index in [-0.39, 0.29) is 5.60 Å². The molecule has 0 bridgehead atoms. The Morgan fingerprint density at radius 1 is 1.36 bits per heavy atom. The van der Waals surface area contributed by atoms with Gasteiger partial charge in [-0.25, -0.2) is 4.98 Å². The largest absolute Gasteiger partial charge is 0.490 e. The number of likely N-dealkylation sites (tertiary alicyclic amines) is 1. The lowest BCUT2D eigenvalue weighted by atomic mass is 10.0. The normalized spacial score (nSPS) is 22.1. The zero-order chi connectivity index (χ0) is 15.4. The zero-order valence-corrected chi connectivity index (χ0v) is 13.2. The van der Waals surface area contributed by atoms with Crippen LogP contribution in [0, 0.1) is 6.92 Å². The Kier molecular flexibility index (Phi) is 4.45. The number of hydrogen-bond acceptors (Lipinski definition) is 4. The number of aryl methyl sites for hydroxylation is 1. The van der Waals surface area contributed by atoms with Crippen molar-refractivity contribution in [1.82, 2.24) is 14.9 Å². The molecule has 0 aliphatic carbocycles. The summed E-state index contributed by atoms with van der Waals surface area (Å²) in [5.74, 6) is 0.936. The van der Waals surface area contributed by atoms with Crippen LogP contribution in [-0.2, 0) is 11.3 Å². The van der Waals surface area contributed by atoms with Gasteiger partial charge in [0.05, 0.1) is 6.33 Å². The Balaban J connectivity index is 1.60. The van der Waals surface area contributed by atoms with E-state index >= 15 is 0 Å². The van der Waals surface area contributed by atoms with Gasteiger partial charge in [0.1, 0.15) is 18.0 Å². The maximum atomic E-state index is 6.03. The van der Waals surface area contributed by atoms with Gasteiger partial charge in [0, 0.05) is 38.6 Å². The van der Waals surface area contributed by atoms with E-state index in [1.165, 1.54) is 0 Å². The van der Waals surface area contributed by atoms with E-state index in [9.17, 15) is 0 Å². The van der Waals surface area contributed by atoms with Crippen LogP contribution < -0.4 is 4.74 Å². The number of rotatable bonds is 6. The minimum Gasteiger partial charge on any atom is -0.490 e. The molecule has 2 aromatic rings. The number of para-hydroxylation sites is 1. The van der Waals surface area contributed by atoms with E-state index in [4.69, 9.17) is 9.47 Å². The van der Waals surface area contributed by atoms with Crippen molar-refractivity contribution >= 4 is 0 Å². The Labute approximate surface area is 131 Å². The van der Waals surface area contributed by atoms with Crippen LogP contribution in [0.5, 0.6) is 5.75 Å². The fourth-order valence-corrected chi connectivity index (χ4v) is 2.95. The second kappa shape index (κ2) is 6.50. The number of ether oxygens (including phenoxy) is 2. The van der Waals surface area contributed by atoms with Crippen LogP contribution in [-0.4, -0.2) is 47.3 Å². The van der Waals surface area contributed by atoms with Gasteiger partial charge in [-0.3, -0.25) is 4.90 Å². The van der Waals surface area contributed by atoms with Gasteiger partial charge in [0.25, 0.3) is 0 Å². The maximum Gasteiger partial charge on any atom is 0.122 e. The second-order valence-corrected chi connectivity index (χ2v) is 5.98. The Morgan fingerprint density at radius 3 is 2.95 bits per heavy atom. The summed E-state index contributed by atoms with van der Waals surface area (Å²) < 4.78 is 11.8. The van der Waals surface area contributed by atoms with Crippen LogP contribution >= 0.6 is 0 Å². The van der Waals surface area contributed by atoms with Crippen LogP contribution in [0.1, 0.15) is 17.7 Å². The molecule has 0 unspecified atom stereocenters. The van der Waals surface area contributed by atoms with Crippen LogP contribution in [0.3, 0.4) is 0 Å². The SMILES string of the molecule is CO[C@@]1(COc2ccccc2C)CCN(Cc2cnc[nH]2)C1. The van der Waals surface area contributed by atoms with E-state index in [0.29, 0.717) is 6.61 Å². The number of H-pyrrole nitrogens is 1. The lowest BCUT2D eigenvalue weighted by Gasteiger charge is -2.28. The fraction of sp³-hybridized carbons (Fsp3) is 0.471. The Hall–Kier alpha value is -1.85. The van der Waals surface area contributed by atoms with Crippen LogP contribution in [0.15, 0.2) is 36.8 Å². The third-order valence-corrected chi connectivity index (χ3v) is 4.36. The number of nitrogens with zero attached hydrogens (tertiary/aromatic N) is 2. The first kappa shape index (κ1) is 15.1. The summed E-state index contributed by atoms with van der Waals surface area (Å²) in [6.07, 6.45) is 4.57. The maximum absolute atomic E-state index is 6.03. The Morgan fingerprint density at radius 2 is 2.23 bits per heavy atom. The monoisotopic (exact) mass is 301 g/mol. The van der Waals surface area contributed by atoms with Crippen LogP contribution in [0.25, 0.3) is 0 Å². The van der Waals surface area contributed by atoms with Gasteiger partial charge in [-0.15, -0.1) is 0 Å². The van der Waals surface area contributed by atoms with Gasteiger partial charge in [-0.05, 0) is 25.0 Å². The number of imidazole rings is 1. The van der Waals surface area contributed by atoms with Crippen molar-refractivity contribution < 1.29 is 9.47 Å². The first-order valence-corrected chi connectivity index (χ1v) is 7.64. The zero-order valence-electron chi connectivity index (χ0n) is 13.2. The number of methoxy groups -OCH3 is 1. The predicted octanol–water partition coefficient (Wildman–Crippen LogP) is 2.39. The highest BCUT2D eigenvalue weighted by Crippen LogP contribution is 2.28. The van der Waals surface area contributed by atoms with Crippen LogP contribution in [0.4, 0.5) is 0 Å². The van der Waals surface area contributed by atoms with Crippen molar-refractivity contribution in [3.05, 3.63) is 48.0 Å². The smallest absolute Gasteiger partial charge is 0.122 e. The molecule has 5 heteroatoms. The van der Waals surface area contributed by atoms with Crippen molar-refractivity contribution in [2.75, 3.05) is 26.8 Å². The standard InChI is InChI=1S/C17H23N3O2/c1-14-5-3-4-6-16(14)22-12-17(21-2)7-8-20(11-17)10-15-9-18-13-19-15/h3-6,9,13H,7-8,10-12H2,1-2H3,(H,18,19)/t17-/m0/s1. The molecule has 0 saturated carbocycles. The molecule has 1 aromatic heterocycles. The third-order valence-electron chi connectivity index (χ3n) is 4.36. The average molecular weight is 301 g/mol. The lowest BCUT2D eigenvalue weighted by molar-refractivity contribution is -0.0361. The highest BCUT2D eigenvalue weighted by molar-refractivity contribution is 5.31. The number of aromatic amines is 1. The molecule has 1 N–H and O–H groups in total. The highest BCUT2D eigenvalue weighted by Gasteiger charge is 2.39. The molecule has 1 saturated heterocycles. The quantitative estimate of drug-likeness (QED) is 0.890. The van der Waals surface area contributed by atoms with Gasteiger partial charge in [0.2, 0.25) is 0 Å². The topological polar surface area (TPSA) is 50.4 Å². The summed E-state index contributed by atoms with van der Waals surface area (Å²) in [5, 5.41) is 0. The van der Waals surface area contributed by atoms with Crippen molar-refractivity contribution in [2.24, 2.45) is 0 Å². The Bertz CT molecular complexity index is 600. The third kappa shape index (κ3) is 3.31. The molecular weight excluding hydrogens is 278 g/mol. The second-order valence-electron chi connectivity index (χ2n) is 5.98. The summed E-state index contributed by atoms with van der Waals surface area (Å²) in [6.45, 7) is 5.38. The minimum atomic E-state index is -0.234. The number of hydrogen-bond donors (Lipinski definition) is 1. The molecule has 22 heavy (non-hydrogen) atoms. The van der Waals surface area contributed by atoms with E-state index in [1.54, 1.807) is 13.4 Å². The van der Waals surface area contributed by atoms with Crippen molar-refractivity contribution in [1.29, 1.82) is 0 Å². The first-order valence-electron chi connectivity index (χ1n) is 7.64. The number of nitrogens with one attached hydrogen (secondary N) is 1. The summed E-state index contributed by atoms with van der Waals surface area (Å²) >= 11 is 0. The summed E-state index contributed by atoms with van der Waals surface area (Å²) in [4.78, 5) is 9.59. The van der Waals surface area contributed by atoms with Gasteiger partial charge in [0.15, 0.2) is 0 Å². The van der Waals surface area contributed by atoms with E-state index < -0.39 is 0 Å². The van der Waals surface area contributed by atoms with Gasteiger partial charge >= 0.3 is 0 Å². The molecule has 1 fully saturated rings. The molecule has 1 atom stereocenters. The van der Waals surface area contributed by atoms with Gasteiger partial charge in [-0.2, -0.15) is 0 Å². The molecule has 0 amide bonds. The lowest BCUT2D eigenvalue weighted by Crippen LogP contribution is -2.41. The average Bonchev–Trinajstić information content (AvgIpc) is 3.18. The minimum absolute atomic E-state index is 0.234. The molecule has 1 aliphatic rings. The number of aromatic nitrogens is 2. The molecule has 118 valence electrons. The van der Waals surface area contributed by atoms with Crippen molar-refractivity contribution in [3.63, 3.8) is 0 Å². The van der Waals surface area contributed by atoms with Crippen molar-refractivity contribution in [2.45, 2.75) is 25.5 Å². The molecule has 1 aromatic carbocycles. The molecule has 2 heterocycles. The van der Waals surface area contributed by atoms with Crippen molar-refractivity contribution in [3.8, 4) is 5.75 Å². The first-order chi connectivity index (χ1) is 10.7. The predicted molar refractivity (Wildman–Crippen MR) is 84.9 cm³/mol. The van der Waals surface area contributed by atoms with Gasteiger partial charge in [-0.1, -0.05) is 18.2 Å². The summed E-state index contributed by atoms with van der Waals surface area (Å²) in [6, 6.07) is 8.10. The summed E-state index contributed by atoms with van der Waals surface area (Å²) in [7, 11) is 1.78. The van der Waals surface area contributed by atoms with E-state index in [1.807, 2.05) is 24.4 Å². The van der Waals surface area contributed by atoms with E-state index in [2.05, 4.69) is 27.9 Å². The molecule has 5 nitrogen and oxygen atoms in total. The molecule has 1 aliphatic heterocycles. The number of benzene rings is 1. The van der Waals surface area contributed by atoms with Gasteiger partial charge < -0.3 is 14.5 Å². The molecule has 0 spiro atoms. The van der Waals surface area contributed by atoms with Crippen LogP contribution in [0.2, 0.25) is 0 Å². The summed E-state index contributed by atoms with van der Waals surface area (Å²) in [5.41, 5.74) is 2.05.